The van der Waals surface area contributed by atoms with Gasteiger partial charge in [0.25, 0.3) is 5.91 Å². The van der Waals surface area contributed by atoms with Gasteiger partial charge in [0.05, 0.1) is 17.0 Å². The van der Waals surface area contributed by atoms with Crippen LogP contribution in [0.15, 0.2) is 54.6 Å². The average Bonchev–Trinajstić information content (AvgIpc) is 3.21. The van der Waals surface area contributed by atoms with Gasteiger partial charge in [-0.25, -0.2) is 12.8 Å². The van der Waals surface area contributed by atoms with E-state index in [1.807, 2.05) is 18.4 Å². The Balaban J connectivity index is 1.55. The van der Waals surface area contributed by atoms with Gasteiger partial charge in [0.15, 0.2) is 0 Å². The number of carbonyl (C=O) groups excluding carboxylic acids is 1. The van der Waals surface area contributed by atoms with E-state index in [4.69, 9.17) is 0 Å². The molecule has 0 bridgehead atoms. The van der Waals surface area contributed by atoms with E-state index in [0.717, 1.165) is 17.1 Å². The van der Waals surface area contributed by atoms with E-state index < -0.39 is 10.0 Å². The molecule has 2 aromatic carbocycles. The summed E-state index contributed by atoms with van der Waals surface area (Å²) in [6.07, 6.45) is 0.616. The number of hydrogen-bond donors (Lipinski definition) is 1. The number of carbonyl (C=O) groups is 1. The summed E-state index contributed by atoms with van der Waals surface area (Å²) >= 11 is 0. The molecule has 1 aliphatic rings. The number of amides is 1. The van der Waals surface area contributed by atoms with Gasteiger partial charge in [0.1, 0.15) is 5.82 Å². The Morgan fingerprint density at radius 1 is 1.00 bits per heavy atom. The molecule has 1 amide bonds. The minimum absolute atomic E-state index is 0.162. The van der Waals surface area contributed by atoms with Crippen LogP contribution in [0.5, 0.6) is 0 Å². The maximum Gasteiger partial charge on any atom is 0.257 e. The maximum absolute atomic E-state index is 13.2. The van der Waals surface area contributed by atoms with Gasteiger partial charge < -0.3 is 9.88 Å². The van der Waals surface area contributed by atoms with Crippen LogP contribution in [0.4, 0.5) is 15.8 Å². The van der Waals surface area contributed by atoms with Gasteiger partial charge in [-0.2, -0.15) is 0 Å². The molecule has 3 aromatic rings. The first-order chi connectivity index (χ1) is 14.3. The zero-order valence-electron chi connectivity index (χ0n) is 16.7. The Morgan fingerprint density at radius 3 is 2.23 bits per heavy atom. The van der Waals surface area contributed by atoms with E-state index in [1.165, 1.54) is 16.4 Å². The number of halogens is 1. The number of hydrogen-bond acceptors (Lipinski definition) is 3. The molecule has 0 unspecified atom stereocenters. The SMILES string of the molecule is Cc1cc(C(=O)Nc2ccc(N3CCCS3(=O)=O)cc2)c(C)n1-c1ccc(F)cc1. The second-order valence-electron chi connectivity index (χ2n) is 7.34. The fourth-order valence-corrected chi connectivity index (χ4v) is 5.38. The number of nitrogens with zero attached hydrogens (tertiary/aromatic N) is 2. The molecule has 1 aliphatic heterocycles. The van der Waals surface area contributed by atoms with Crippen LogP contribution in [-0.2, 0) is 10.0 Å². The highest BCUT2D eigenvalue weighted by atomic mass is 32.2. The van der Waals surface area contributed by atoms with Gasteiger partial charge in [-0.05, 0) is 74.9 Å². The zero-order valence-corrected chi connectivity index (χ0v) is 17.5. The number of nitrogens with one attached hydrogen (secondary N) is 1. The molecule has 0 atom stereocenters. The third kappa shape index (κ3) is 3.70. The molecule has 1 aromatic heterocycles. The van der Waals surface area contributed by atoms with Crippen molar-refractivity contribution in [3.8, 4) is 5.69 Å². The smallest absolute Gasteiger partial charge is 0.257 e. The van der Waals surface area contributed by atoms with E-state index in [-0.39, 0.29) is 17.5 Å². The monoisotopic (exact) mass is 427 g/mol. The normalized spacial score (nSPS) is 15.4. The van der Waals surface area contributed by atoms with Gasteiger partial charge in [-0.1, -0.05) is 0 Å². The molecule has 4 rings (SSSR count). The summed E-state index contributed by atoms with van der Waals surface area (Å²) in [6.45, 7) is 4.20. The largest absolute Gasteiger partial charge is 0.322 e. The van der Waals surface area contributed by atoms with E-state index in [0.29, 0.717) is 29.9 Å². The fourth-order valence-electron chi connectivity index (χ4n) is 3.82. The third-order valence-corrected chi connectivity index (χ3v) is 7.14. The molecule has 0 aliphatic carbocycles. The molecule has 30 heavy (non-hydrogen) atoms. The van der Waals surface area contributed by atoms with Gasteiger partial charge in [0, 0.05) is 29.3 Å². The molecular weight excluding hydrogens is 405 g/mol. The van der Waals surface area contributed by atoms with Crippen molar-refractivity contribution in [2.75, 3.05) is 21.9 Å². The lowest BCUT2D eigenvalue weighted by Crippen LogP contribution is -2.25. The maximum atomic E-state index is 13.2. The van der Waals surface area contributed by atoms with Crippen LogP contribution in [0.25, 0.3) is 5.69 Å². The highest BCUT2D eigenvalue weighted by molar-refractivity contribution is 7.93. The first-order valence-electron chi connectivity index (χ1n) is 9.63. The van der Waals surface area contributed by atoms with Crippen LogP contribution in [0.1, 0.15) is 28.2 Å². The first-order valence-corrected chi connectivity index (χ1v) is 11.2. The van der Waals surface area contributed by atoms with Gasteiger partial charge in [-0.3, -0.25) is 9.10 Å². The van der Waals surface area contributed by atoms with E-state index in [1.54, 1.807) is 42.5 Å². The number of rotatable bonds is 4. The summed E-state index contributed by atoms with van der Waals surface area (Å²) in [5, 5.41) is 2.86. The van der Waals surface area contributed by atoms with Gasteiger partial charge in [-0.15, -0.1) is 0 Å². The average molecular weight is 428 g/mol. The Kier molecular flexibility index (Phi) is 5.11. The lowest BCUT2D eigenvalue weighted by atomic mass is 10.2. The summed E-state index contributed by atoms with van der Waals surface area (Å²) in [7, 11) is -3.24. The topological polar surface area (TPSA) is 71.4 Å². The number of aryl methyl sites for hydroxylation is 1. The lowest BCUT2D eigenvalue weighted by molar-refractivity contribution is 0.102. The Labute approximate surface area is 175 Å². The van der Waals surface area contributed by atoms with E-state index >= 15 is 0 Å². The molecule has 0 saturated carbocycles. The highest BCUT2D eigenvalue weighted by Gasteiger charge is 2.28. The molecule has 156 valence electrons. The summed E-state index contributed by atoms with van der Waals surface area (Å²) in [5.41, 5.74) is 4.08. The summed E-state index contributed by atoms with van der Waals surface area (Å²) in [6, 6.07) is 14.7. The first kappa shape index (κ1) is 20.2. The predicted molar refractivity (Wildman–Crippen MR) is 115 cm³/mol. The number of benzene rings is 2. The summed E-state index contributed by atoms with van der Waals surface area (Å²) in [4.78, 5) is 12.8. The van der Waals surface area contributed by atoms with Crippen molar-refractivity contribution in [1.29, 1.82) is 0 Å². The standard InChI is InChI=1S/C22H22FN3O3S/c1-15-14-21(16(2)26(15)20-8-4-17(23)5-9-20)22(27)24-18-6-10-19(11-7-18)25-12-3-13-30(25,28)29/h4-11,14H,3,12-13H2,1-2H3,(H,24,27). The zero-order chi connectivity index (χ0) is 21.5. The molecule has 1 fully saturated rings. The Morgan fingerprint density at radius 2 is 1.63 bits per heavy atom. The van der Waals surface area contributed by atoms with E-state index in [2.05, 4.69) is 5.32 Å². The second-order valence-corrected chi connectivity index (χ2v) is 9.35. The van der Waals surface area contributed by atoms with Gasteiger partial charge in [0.2, 0.25) is 10.0 Å². The number of anilines is 2. The molecule has 1 N–H and O–H groups in total. The highest BCUT2D eigenvalue weighted by Crippen LogP contribution is 2.26. The predicted octanol–water partition coefficient (Wildman–Crippen LogP) is 4.03. The van der Waals surface area contributed by atoms with Crippen LogP contribution in [0.2, 0.25) is 0 Å². The third-order valence-electron chi connectivity index (χ3n) is 5.27. The summed E-state index contributed by atoms with van der Waals surface area (Å²) in [5.74, 6) is -0.419. The molecular formula is C22H22FN3O3S. The second kappa shape index (κ2) is 7.60. The minimum atomic E-state index is -3.24. The molecule has 2 heterocycles. The van der Waals surface area contributed by atoms with Crippen molar-refractivity contribution in [3.63, 3.8) is 0 Å². The van der Waals surface area contributed by atoms with E-state index in [9.17, 15) is 17.6 Å². The Hall–Kier alpha value is -3.13. The molecule has 0 radical (unpaired) electrons. The van der Waals surface area contributed by atoms with Crippen molar-refractivity contribution in [2.45, 2.75) is 20.3 Å². The van der Waals surface area contributed by atoms with Crippen LogP contribution in [0.3, 0.4) is 0 Å². The lowest BCUT2D eigenvalue weighted by Gasteiger charge is -2.17. The fraction of sp³-hybridized carbons (Fsp3) is 0.227. The van der Waals surface area contributed by atoms with Gasteiger partial charge >= 0.3 is 0 Å². The van der Waals surface area contributed by atoms with Crippen LogP contribution < -0.4 is 9.62 Å². The van der Waals surface area contributed by atoms with Crippen LogP contribution >= 0.6 is 0 Å². The quantitative estimate of drug-likeness (QED) is 0.684. The molecule has 0 spiro atoms. The minimum Gasteiger partial charge on any atom is -0.322 e. The van der Waals surface area contributed by atoms with Crippen molar-refractivity contribution >= 4 is 27.3 Å². The van der Waals surface area contributed by atoms with Crippen LogP contribution in [-0.4, -0.2) is 31.2 Å². The number of sulfonamides is 1. The molecule has 6 nitrogen and oxygen atoms in total. The van der Waals surface area contributed by atoms with Crippen molar-refractivity contribution in [2.24, 2.45) is 0 Å². The van der Waals surface area contributed by atoms with Crippen molar-refractivity contribution < 1.29 is 17.6 Å². The molecule has 1 saturated heterocycles. The van der Waals surface area contributed by atoms with Crippen molar-refractivity contribution in [3.05, 3.63) is 77.4 Å². The summed E-state index contributed by atoms with van der Waals surface area (Å²) < 4.78 is 40.6. The van der Waals surface area contributed by atoms with Crippen LogP contribution in [0, 0.1) is 19.7 Å². The number of aromatic nitrogens is 1. The molecule has 8 heteroatoms. The van der Waals surface area contributed by atoms with Crippen molar-refractivity contribution in [1.82, 2.24) is 4.57 Å². The Bertz CT molecular complexity index is 1200.